The summed E-state index contributed by atoms with van der Waals surface area (Å²) in [5, 5.41) is 0.362. The van der Waals surface area contributed by atoms with Crippen molar-refractivity contribution in [2.75, 3.05) is 14.1 Å². The molecule has 0 aromatic rings. The molecule has 3 fully saturated rings. The molecule has 4 aliphatic rings. The zero-order valence-electron chi connectivity index (χ0n) is 19.3. The van der Waals surface area contributed by atoms with Gasteiger partial charge in [-0.3, -0.25) is 4.79 Å². The van der Waals surface area contributed by atoms with E-state index in [1.54, 1.807) is 10.5 Å². The maximum Gasteiger partial charge on any atom is 0.222 e. The molecule has 4 unspecified atom stereocenters. The number of nitrogens with zero attached hydrogens (tertiary/aromatic N) is 1. The van der Waals surface area contributed by atoms with Gasteiger partial charge in [-0.25, -0.2) is 0 Å². The predicted octanol–water partition coefficient (Wildman–Crippen LogP) is 6.68. The maximum absolute atomic E-state index is 12.1. The van der Waals surface area contributed by atoms with Crippen LogP contribution < -0.4 is 0 Å². The molecule has 1 amide bonds. The van der Waals surface area contributed by atoms with Crippen molar-refractivity contribution < 1.29 is 4.79 Å². The SMILES string of the molecule is CC(CCC(=O)N(C)C)[C@H]1CC[C@H]2C3CC=C4CC(Cl)CC[C@]4(C)C3CC[C@]12C. The minimum atomic E-state index is 0.285. The van der Waals surface area contributed by atoms with Gasteiger partial charge in [0.2, 0.25) is 5.91 Å². The van der Waals surface area contributed by atoms with Gasteiger partial charge in [0, 0.05) is 25.9 Å². The Kier molecular flexibility index (Phi) is 5.90. The number of carbonyl (C=O) groups excluding carboxylic acids is 1. The first-order valence-corrected chi connectivity index (χ1v) is 12.6. The van der Waals surface area contributed by atoms with Crippen LogP contribution in [-0.4, -0.2) is 30.3 Å². The molecule has 0 aromatic heterocycles. The number of hydrogen-bond donors (Lipinski definition) is 0. The van der Waals surface area contributed by atoms with E-state index < -0.39 is 0 Å². The first-order valence-electron chi connectivity index (χ1n) is 12.2. The molecule has 0 aliphatic heterocycles. The van der Waals surface area contributed by atoms with Crippen LogP contribution in [0.1, 0.15) is 85.0 Å². The smallest absolute Gasteiger partial charge is 0.222 e. The summed E-state index contributed by atoms with van der Waals surface area (Å²) in [5.41, 5.74) is 2.59. The quantitative estimate of drug-likeness (QED) is 0.367. The number of hydrogen-bond acceptors (Lipinski definition) is 1. The highest BCUT2D eigenvalue weighted by Crippen LogP contribution is 2.67. The van der Waals surface area contributed by atoms with Crippen molar-refractivity contribution in [3.63, 3.8) is 0 Å². The Morgan fingerprint density at radius 3 is 2.66 bits per heavy atom. The van der Waals surface area contributed by atoms with Gasteiger partial charge in [0.1, 0.15) is 0 Å². The van der Waals surface area contributed by atoms with Crippen LogP contribution in [-0.2, 0) is 4.79 Å². The fourth-order valence-corrected chi connectivity index (χ4v) is 8.64. The second-order valence-corrected chi connectivity index (χ2v) is 12.2. The number of carbonyl (C=O) groups is 1. The Balaban J connectivity index is 1.49. The van der Waals surface area contributed by atoms with E-state index >= 15 is 0 Å². The summed E-state index contributed by atoms with van der Waals surface area (Å²) in [5.74, 6) is 4.35. The van der Waals surface area contributed by atoms with Gasteiger partial charge < -0.3 is 4.90 Å². The largest absolute Gasteiger partial charge is 0.349 e. The van der Waals surface area contributed by atoms with E-state index in [-0.39, 0.29) is 5.91 Å². The van der Waals surface area contributed by atoms with Gasteiger partial charge in [-0.05, 0) is 98.2 Å². The van der Waals surface area contributed by atoms with Crippen LogP contribution in [0.5, 0.6) is 0 Å². The van der Waals surface area contributed by atoms with Crippen LogP contribution in [0.3, 0.4) is 0 Å². The molecular formula is C26H42ClNO. The molecule has 164 valence electrons. The maximum atomic E-state index is 12.1. The predicted molar refractivity (Wildman–Crippen MR) is 122 cm³/mol. The topological polar surface area (TPSA) is 20.3 Å². The third-order valence-corrected chi connectivity index (χ3v) is 10.5. The van der Waals surface area contributed by atoms with Gasteiger partial charge in [0.25, 0.3) is 0 Å². The Morgan fingerprint density at radius 2 is 1.93 bits per heavy atom. The van der Waals surface area contributed by atoms with Crippen molar-refractivity contribution in [2.45, 2.75) is 90.4 Å². The zero-order valence-corrected chi connectivity index (χ0v) is 20.1. The van der Waals surface area contributed by atoms with Gasteiger partial charge in [-0.2, -0.15) is 0 Å². The third kappa shape index (κ3) is 3.60. The van der Waals surface area contributed by atoms with Gasteiger partial charge >= 0.3 is 0 Å². The molecule has 8 atom stereocenters. The van der Waals surface area contributed by atoms with E-state index in [0.717, 1.165) is 36.5 Å². The van der Waals surface area contributed by atoms with E-state index in [2.05, 4.69) is 26.8 Å². The van der Waals surface area contributed by atoms with Crippen molar-refractivity contribution in [3.8, 4) is 0 Å². The summed E-state index contributed by atoms with van der Waals surface area (Å²) >= 11 is 6.54. The van der Waals surface area contributed by atoms with Crippen molar-refractivity contribution in [3.05, 3.63) is 11.6 Å². The summed E-state index contributed by atoms with van der Waals surface area (Å²) in [7, 11) is 3.76. The van der Waals surface area contributed by atoms with Gasteiger partial charge in [0.05, 0.1) is 0 Å². The molecule has 4 aliphatic carbocycles. The van der Waals surface area contributed by atoms with E-state index in [1.807, 2.05) is 14.1 Å². The first-order chi connectivity index (χ1) is 13.7. The normalized spacial score (nSPS) is 44.9. The lowest BCUT2D eigenvalue weighted by molar-refractivity contribution is -0.129. The minimum absolute atomic E-state index is 0.285. The number of alkyl halides is 1. The first kappa shape index (κ1) is 21.7. The lowest BCUT2D eigenvalue weighted by Gasteiger charge is -2.58. The molecule has 0 spiro atoms. The molecule has 2 nitrogen and oxygen atoms in total. The molecule has 0 N–H and O–H groups in total. The van der Waals surface area contributed by atoms with Crippen LogP contribution in [0.2, 0.25) is 0 Å². The van der Waals surface area contributed by atoms with Gasteiger partial charge in [-0.1, -0.05) is 32.4 Å². The molecule has 0 saturated heterocycles. The number of halogens is 1. The highest BCUT2D eigenvalue weighted by atomic mass is 35.5. The van der Waals surface area contributed by atoms with Crippen LogP contribution in [0.25, 0.3) is 0 Å². The summed E-state index contributed by atoms with van der Waals surface area (Å²) < 4.78 is 0. The summed E-state index contributed by atoms with van der Waals surface area (Å²) in [6.07, 6.45) is 14.9. The van der Waals surface area contributed by atoms with Crippen molar-refractivity contribution in [1.29, 1.82) is 0 Å². The second kappa shape index (κ2) is 7.88. The molecule has 0 heterocycles. The Hall–Kier alpha value is -0.500. The third-order valence-electron chi connectivity index (χ3n) is 10.1. The minimum Gasteiger partial charge on any atom is -0.349 e. The van der Waals surface area contributed by atoms with E-state index in [0.29, 0.717) is 28.5 Å². The van der Waals surface area contributed by atoms with Crippen LogP contribution in [0.4, 0.5) is 0 Å². The number of allylic oxidation sites excluding steroid dienone is 2. The highest BCUT2D eigenvalue weighted by Gasteiger charge is 2.59. The standard InChI is InChI=1S/C26H42ClNO/c1-17(6-11-24(29)28(4)5)21-9-10-22-20-8-7-18-16-19(27)12-14-25(18,2)23(20)13-15-26(21,22)3/h7,17,19-23H,6,8-16H2,1-5H3/t17?,19?,20?,21-,22+,23?,25+,26-/m1/s1. The number of fused-ring (bicyclic) bond motifs is 5. The van der Waals surface area contributed by atoms with E-state index in [4.69, 9.17) is 11.6 Å². The average molecular weight is 420 g/mol. The van der Waals surface area contributed by atoms with Crippen molar-refractivity contribution in [2.24, 2.45) is 40.4 Å². The van der Waals surface area contributed by atoms with Crippen LogP contribution >= 0.6 is 11.6 Å². The molecule has 4 rings (SSSR count). The second-order valence-electron chi connectivity index (χ2n) is 11.6. The van der Waals surface area contributed by atoms with Crippen LogP contribution in [0, 0.1) is 40.4 Å². The average Bonchev–Trinajstić information content (AvgIpc) is 3.03. The van der Waals surface area contributed by atoms with Gasteiger partial charge in [-0.15, -0.1) is 11.6 Å². The fraction of sp³-hybridized carbons (Fsp3) is 0.885. The zero-order chi connectivity index (χ0) is 21.0. The van der Waals surface area contributed by atoms with Crippen LogP contribution in [0.15, 0.2) is 11.6 Å². The van der Waals surface area contributed by atoms with Gasteiger partial charge in [0.15, 0.2) is 0 Å². The number of rotatable bonds is 4. The summed E-state index contributed by atoms with van der Waals surface area (Å²) in [4.78, 5) is 13.9. The molecule has 3 heteroatoms. The monoisotopic (exact) mass is 419 g/mol. The summed E-state index contributed by atoms with van der Waals surface area (Å²) in [6, 6.07) is 0. The fourth-order valence-electron chi connectivity index (χ4n) is 8.37. The Labute approximate surface area is 183 Å². The molecule has 29 heavy (non-hydrogen) atoms. The van der Waals surface area contributed by atoms with Crippen molar-refractivity contribution in [1.82, 2.24) is 4.90 Å². The highest BCUT2D eigenvalue weighted by molar-refractivity contribution is 6.20. The summed E-state index contributed by atoms with van der Waals surface area (Å²) in [6.45, 7) is 7.62. The molecular weight excluding hydrogens is 378 g/mol. The molecule has 0 bridgehead atoms. The lowest BCUT2D eigenvalue weighted by atomic mass is 9.47. The van der Waals surface area contributed by atoms with E-state index in [1.165, 1.54) is 44.9 Å². The number of amides is 1. The lowest BCUT2D eigenvalue weighted by Crippen LogP contribution is -2.50. The Morgan fingerprint density at radius 1 is 1.17 bits per heavy atom. The van der Waals surface area contributed by atoms with E-state index in [9.17, 15) is 4.79 Å². The molecule has 0 aromatic carbocycles. The molecule has 0 radical (unpaired) electrons. The van der Waals surface area contributed by atoms with Crippen molar-refractivity contribution >= 4 is 17.5 Å². The molecule has 3 saturated carbocycles. The Bertz CT molecular complexity index is 672.